The van der Waals surface area contributed by atoms with Crippen molar-refractivity contribution >= 4 is 11.6 Å². The second kappa shape index (κ2) is 6.88. The largest absolute Gasteiger partial charge is 0.311 e. The van der Waals surface area contributed by atoms with Gasteiger partial charge in [-0.3, -0.25) is 4.90 Å². The molecule has 2 rings (SSSR count). The van der Waals surface area contributed by atoms with Gasteiger partial charge in [0, 0.05) is 42.3 Å². The summed E-state index contributed by atoms with van der Waals surface area (Å²) in [6.07, 6.45) is 1.12. The van der Waals surface area contributed by atoms with Crippen LogP contribution in [0, 0.1) is 11.7 Å². The zero-order valence-corrected chi connectivity index (χ0v) is 13.3. The molecule has 0 aliphatic carbocycles. The van der Waals surface area contributed by atoms with Crippen LogP contribution in [0.5, 0.6) is 0 Å². The molecule has 1 aromatic carbocycles. The molecule has 0 bridgehead atoms. The number of nitrogens with one attached hydrogen (secondary N) is 1. The molecule has 1 heterocycles. The average Bonchev–Trinajstić information content (AvgIpc) is 2.36. The van der Waals surface area contributed by atoms with Crippen LogP contribution in [-0.4, -0.2) is 30.1 Å². The van der Waals surface area contributed by atoms with Gasteiger partial charge in [0.05, 0.1) is 0 Å². The van der Waals surface area contributed by atoms with Crippen molar-refractivity contribution in [3.8, 4) is 0 Å². The molecule has 1 aliphatic heterocycles. The highest BCUT2D eigenvalue weighted by Crippen LogP contribution is 2.24. The number of benzene rings is 1. The number of piperazine rings is 1. The minimum Gasteiger partial charge on any atom is -0.311 e. The molecule has 0 aromatic heterocycles. The van der Waals surface area contributed by atoms with E-state index in [9.17, 15) is 4.39 Å². The van der Waals surface area contributed by atoms with Crippen LogP contribution in [0.1, 0.15) is 32.8 Å². The van der Waals surface area contributed by atoms with Crippen LogP contribution in [0.3, 0.4) is 0 Å². The Morgan fingerprint density at radius 2 is 2.20 bits per heavy atom. The first kappa shape index (κ1) is 15.7. The zero-order valence-electron chi connectivity index (χ0n) is 12.5. The van der Waals surface area contributed by atoms with E-state index in [-0.39, 0.29) is 5.82 Å². The quantitative estimate of drug-likeness (QED) is 0.912. The van der Waals surface area contributed by atoms with E-state index in [0.717, 1.165) is 19.5 Å². The van der Waals surface area contributed by atoms with Gasteiger partial charge in [0.2, 0.25) is 0 Å². The maximum Gasteiger partial charge on any atom is 0.129 e. The standard InChI is InChI=1S/C16H24ClFN2/c1-11(2)7-13-8-19-12(3)9-20(13)10-14-15(17)5-4-6-16(14)18/h4-6,11-13,19H,7-10H2,1-3H3. The third-order valence-electron chi connectivity index (χ3n) is 3.89. The lowest BCUT2D eigenvalue weighted by Gasteiger charge is -2.40. The molecule has 1 saturated heterocycles. The van der Waals surface area contributed by atoms with Crippen LogP contribution >= 0.6 is 11.6 Å². The van der Waals surface area contributed by atoms with Crippen LogP contribution in [-0.2, 0) is 6.54 Å². The molecule has 2 atom stereocenters. The summed E-state index contributed by atoms with van der Waals surface area (Å²) < 4.78 is 14.0. The van der Waals surface area contributed by atoms with E-state index in [2.05, 4.69) is 31.0 Å². The fourth-order valence-electron chi connectivity index (χ4n) is 2.89. The number of hydrogen-bond acceptors (Lipinski definition) is 2. The minimum atomic E-state index is -0.202. The summed E-state index contributed by atoms with van der Waals surface area (Å²) in [5.74, 6) is 0.431. The lowest BCUT2D eigenvalue weighted by atomic mass is 9.98. The first-order chi connectivity index (χ1) is 9.47. The van der Waals surface area contributed by atoms with Gasteiger partial charge in [-0.2, -0.15) is 0 Å². The Kier molecular flexibility index (Phi) is 5.42. The van der Waals surface area contributed by atoms with E-state index in [1.807, 2.05) is 0 Å². The van der Waals surface area contributed by atoms with Gasteiger partial charge in [-0.25, -0.2) is 4.39 Å². The fourth-order valence-corrected chi connectivity index (χ4v) is 3.11. The van der Waals surface area contributed by atoms with Crippen LogP contribution in [0.4, 0.5) is 4.39 Å². The second-order valence-corrected chi connectivity index (χ2v) is 6.63. The maximum atomic E-state index is 14.0. The summed E-state index contributed by atoms with van der Waals surface area (Å²) in [5.41, 5.74) is 0.622. The van der Waals surface area contributed by atoms with Gasteiger partial charge in [-0.15, -0.1) is 0 Å². The minimum absolute atomic E-state index is 0.202. The number of nitrogens with zero attached hydrogens (tertiary/aromatic N) is 1. The summed E-state index contributed by atoms with van der Waals surface area (Å²) in [7, 11) is 0. The van der Waals surface area contributed by atoms with Crippen LogP contribution in [0.25, 0.3) is 0 Å². The topological polar surface area (TPSA) is 15.3 Å². The molecular weight excluding hydrogens is 275 g/mol. The molecule has 2 nitrogen and oxygen atoms in total. The summed E-state index contributed by atoms with van der Waals surface area (Å²) in [6, 6.07) is 5.80. The van der Waals surface area contributed by atoms with Gasteiger partial charge in [-0.1, -0.05) is 31.5 Å². The molecule has 1 fully saturated rings. The smallest absolute Gasteiger partial charge is 0.129 e. The molecule has 0 radical (unpaired) electrons. The van der Waals surface area contributed by atoms with Crippen molar-refractivity contribution in [3.05, 3.63) is 34.6 Å². The van der Waals surface area contributed by atoms with Gasteiger partial charge in [0.25, 0.3) is 0 Å². The molecule has 1 N–H and O–H groups in total. The van der Waals surface area contributed by atoms with Crippen molar-refractivity contribution in [3.63, 3.8) is 0 Å². The maximum absolute atomic E-state index is 14.0. The Morgan fingerprint density at radius 3 is 2.85 bits per heavy atom. The highest BCUT2D eigenvalue weighted by Gasteiger charge is 2.27. The van der Waals surface area contributed by atoms with E-state index in [1.165, 1.54) is 6.07 Å². The molecule has 20 heavy (non-hydrogen) atoms. The van der Waals surface area contributed by atoms with E-state index in [4.69, 9.17) is 11.6 Å². The number of halogens is 2. The van der Waals surface area contributed by atoms with Crippen molar-refractivity contribution in [2.45, 2.75) is 45.8 Å². The van der Waals surface area contributed by atoms with Gasteiger partial charge >= 0.3 is 0 Å². The predicted octanol–water partition coefficient (Wildman–Crippen LogP) is 3.69. The van der Waals surface area contributed by atoms with Gasteiger partial charge in [-0.05, 0) is 31.4 Å². The summed E-state index contributed by atoms with van der Waals surface area (Å²) >= 11 is 6.16. The van der Waals surface area contributed by atoms with Gasteiger partial charge < -0.3 is 5.32 Å². The molecular formula is C16H24ClFN2. The average molecular weight is 299 g/mol. The van der Waals surface area contributed by atoms with Crippen molar-refractivity contribution in [2.75, 3.05) is 13.1 Å². The molecule has 1 aliphatic rings. The first-order valence-corrected chi connectivity index (χ1v) is 7.75. The Morgan fingerprint density at radius 1 is 1.45 bits per heavy atom. The molecule has 0 amide bonds. The molecule has 1 aromatic rings. The number of rotatable bonds is 4. The van der Waals surface area contributed by atoms with Crippen LogP contribution < -0.4 is 5.32 Å². The molecule has 112 valence electrons. The summed E-state index contributed by atoms with van der Waals surface area (Å²) in [6.45, 7) is 9.11. The molecule has 0 spiro atoms. The highest BCUT2D eigenvalue weighted by molar-refractivity contribution is 6.31. The SMILES string of the molecule is CC(C)CC1CNC(C)CN1Cc1c(F)cccc1Cl. The predicted molar refractivity (Wildman–Crippen MR) is 82.5 cm³/mol. The van der Waals surface area contributed by atoms with Crippen molar-refractivity contribution < 1.29 is 4.39 Å². The summed E-state index contributed by atoms with van der Waals surface area (Å²) in [4.78, 5) is 2.37. The van der Waals surface area contributed by atoms with E-state index in [0.29, 0.717) is 35.1 Å². The van der Waals surface area contributed by atoms with E-state index in [1.54, 1.807) is 12.1 Å². The van der Waals surface area contributed by atoms with Gasteiger partial charge in [0.15, 0.2) is 0 Å². The fraction of sp³-hybridized carbons (Fsp3) is 0.625. The Balaban J connectivity index is 2.14. The van der Waals surface area contributed by atoms with Crippen molar-refractivity contribution in [1.29, 1.82) is 0 Å². The Bertz CT molecular complexity index is 430. The third kappa shape index (κ3) is 3.94. The van der Waals surface area contributed by atoms with Gasteiger partial charge in [0.1, 0.15) is 5.82 Å². The Hall–Kier alpha value is -0.640. The number of hydrogen-bond donors (Lipinski definition) is 1. The Labute approximate surface area is 126 Å². The first-order valence-electron chi connectivity index (χ1n) is 7.37. The van der Waals surface area contributed by atoms with E-state index < -0.39 is 0 Å². The molecule has 2 unspecified atom stereocenters. The normalized spacial score (nSPS) is 24.3. The highest BCUT2D eigenvalue weighted by atomic mass is 35.5. The second-order valence-electron chi connectivity index (χ2n) is 6.22. The third-order valence-corrected chi connectivity index (χ3v) is 4.25. The van der Waals surface area contributed by atoms with E-state index >= 15 is 0 Å². The van der Waals surface area contributed by atoms with Crippen LogP contribution in [0.2, 0.25) is 5.02 Å². The van der Waals surface area contributed by atoms with Crippen molar-refractivity contribution in [2.24, 2.45) is 5.92 Å². The van der Waals surface area contributed by atoms with Crippen LogP contribution in [0.15, 0.2) is 18.2 Å². The zero-order chi connectivity index (χ0) is 14.7. The van der Waals surface area contributed by atoms with Crippen molar-refractivity contribution in [1.82, 2.24) is 10.2 Å². The summed E-state index contributed by atoms with van der Waals surface area (Å²) in [5, 5.41) is 4.04. The molecule has 0 saturated carbocycles. The lowest BCUT2D eigenvalue weighted by molar-refractivity contribution is 0.110. The lowest BCUT2D eigenvalue weighted by Crippen LogP contribution is -2.55. The monoisotopic (exact) mass is 298 g/mol. The molecule has 4 heteroatoms.